The van der Waals surface area contributed by atoms with E-state index in [0.717, 1.165) is 0 Å². The van der Waals surface area contributed by atoms with Gasteiger partial charge in [-0.15, -0.1) is 0 Å². The Balaban J connectivity index is 2.54. The molecule has 1 aliphatic rings. The lowest BCUT2D eigenvalue weighted by Gasteiger charge is -2.27. The van der Waals surface area contributed by atoms with E-state index >= 15 is 0 Å². The van der Waals surface area contributed by atoms with Crippen molar-refractivity contribution in [3.63, 3.8) is 0 Å². The lowest BCUT2D eigenvalue weighted by atomic mass is 9.85. The Morgan fingerprint density at radius 3 is 2.17 bits per heavy atom. The van der Waals surface area contributed by atoms with Gasteiger partial charge in [0.2, 0.25) is 5.78 Å². The highest BCUT2D eigenvalue weighted by Crippen LogP contribution is 2.36. The van der Waals surface area contributed by atoms with E-state index in [1.807, 2.05) is 13.8 Å². The van der Waals surface area contributed by atoms with Gasteiger partial charge in [0, 0.05) is 32.8 Å². The highest BCUT2D eigenvalue weighted by Gasteiger charge is 2.37. The van der Waals surface area contributed by atoms with Crippen molar-refractivity contribution in [3.8, 4) is 0 Å². The third-order valence-corrected chi connectivity index (χ3v) is 6.18. The van der Waals surface area contributed by atoms with Gasteiger partial charge in [0.15, 0.2) is 11.5 Å². The third-order valence-electron chi connectivity index (χ3n) is 3.54. The molecule has 2 rings (SSSR count). The van der Waals surface area contributed by atoms with Crippen molar-refractivity contribution in [2.75, 3.05) is 0 Å². The van der Waals surface area contributed by atoms with Gasteiger partial charge in [-0.05, 0) is 20.3 Å². The fourth-order valence-electron chi connectivity index (χ4n) is 2.26. The summed E-state index contributed by atoms with van der Waals surface area (Å²) in [6.45, 7) is 5.10. The van der Waals surface area contributed by atoms with E-state index in [0.29, 0.717) is 5.56 Å². The molecule has 122 valence electrons. The first-order chi connectivity index (χ1) is 10.6. The van der Waals surface area contributed by atoms with Crippen LogP contribution in [0.5, 0.6) is 0 Å². The second-order valence-electron chi connectivity index (χ2n) is 5.84. The van der Waals surface area contributed by atoms with Crippen LogP contribution in [0.15, 0.2) is 35.6 Å². The first-order valence-electron chi connectivity index (χ1n) is 7.06. The Morgan fingerprint density at radius 1 is 1.17 bits per heavy atom. The molecule has 1 aromatic rings. The first kappa shape index (κ1) is 18.1. The average Bonchev–Trinajstić information content (AvgIpc) is 2.46. The summed E-state index contributed by atoms with van der Waals surface area (Å²) in [6, 6.07) is 6.56. The van der Waals surface area contributed by atoms with Crippen LogP contribution in [0.25, 0.3) is 0 Å². The number of alkyl halides is 2. The molecule has 0 N–H and O–H groups in total. The lowest BCUT2D eigenvalue weighted by Crippen LogP contribution is -2.30. The number of allylic oxidation sites excluding steroid dienone is 2. The van der Waals surface area contributed by atoms with Crippen LogP contribution in [0, 0.1) is 0 Å². The number of esters is 1. The summed E-state index contributed by atoms with van der Waals surface area (Å²) in [4.78, 5) is 36.6. The van der Waals surface area contributed by atoms with Gasteiger partial charge in [-0.25, -0.2) is 0 Å². The fourth-order valence-corrected chi connectivity index (χ4v) is 2.75. The number of carbonyl (C=O) groups excluding carboxylic acids is 3. The monoisotopic (exact) mass is 442 g/mol. The predicted octanol–water partition coefficient (Wildman–Crippen LogP) is 4.21. The van der Waals surface area contributed by atoms with Crippen LogP contribution in [0.4, 0.5) is 0 Å². The van der Waals surface area contributed by atoms with Crippen LogP contribution in [0.3, 0.4) is 0 Å². The highest BCUT2D eigenvalue weighted by molar-refractivity contribution is 9.12. The minimum atomic E-state index is -0.623. The number of ether oxygens (including phenoxy) is 1. The summed E-state index contributed by atoms with van der Waals surface area (Å²) in [5.41, 5.74) is 0.829. The van der Waals surface area contributed by atoms with Gasteiger partial charge in [-0.2, -0.15) is 0 Å². The molecule has 6 heteroatoms. The van der Waals surface area contributed by atoms with Crippen LogP contribution >= 0.6 is 31.9 Å². The van der Waals surface area contributed by atoms with E-state index < -0.39 is 11.8 Å². The zero-order chi connectivity index (χ0) is 17.4. The number of benzene rings is 1. The van der Waals surface area contributed by atoms with Crippen molar-refractivity contribution in [1.29, 1.82) is 0 Å². The molecular formula is C17H16Br2O4. The van der Waals surface area contributed by atoms with Gasteiger partial charge in [0.05, 0.1) is 0 Å². The van der Waals surface area contributed by atoms with Crippen molar-refractivity contribution >= 4 is 49.4 Å². The summed E-state index contributed by atoms with van der Waals surface area (Å²) in [5.74, 6) is -1.50. The molecule has 0 amide bonds. The fraction of sp³-hybridized carbons (Fsp3) is 0.353. The van der Waals surface area contributed by atoms with E-state index in [4.69, 9.17) is 4.74 Å². The summed E-state index contributed by atoms with van der Waals surface area (Å²) in [5, 5.41) is 0. The van der Waals surface area contributed by atoms with Gasteiger partial charge < -0.3 is 4.74 Å². The largest absolute Gasteiger partial charge is 0.422 e. The van der Waals surface area contributed by atoms with Crippen molar-refractivity contribution < 1.29 is 19.1 Å². The number of fused-ring (bicyclic) bond motifs is 1. The smallest absolute Gasteiger partial charge is 0.308 e. The second-order valence-corrected chi connectivity index (χ2v) is 8.99. The van der Waals surface area contributed by atoms with Crippen molar-refractivity contribution in [2.45, 2.75) is 36.3 Å². The quantitative estimate of drug-likeness (QED) is 0.516. The summed E-state index contributed by atoms with van der Waals surface area (Å²) >= 11 is 7.06. The van der Waals surface area contributed by atoms with Crippen LogP contribution in [-0.2, 0) is 9.53 Å². The molecule has 0 saturated heterocycles. The number of carbonyl (C=O) groups is 3. The topological polar surface area (TPSA) is 60.4 Å². The van der Waals surface area contributed by atoms with Gasteiger partial charge >= 0.3 is 5.97 Å². The second kappa shape index (κ2) is 6.69. The van der Waals surface area contributed by atoms with E-state index in [1.54, 1.807) is 24.3 Å². The number of Topliss-reactive ketones (excluding diaryl/α,β-unsaturated/α-hetero) is 2. The Labute approximate surface area is 151 Å². The van der Waals surface area contributed by atoms with Gasteiger partial charge in [0.1, 0.15) is 0 Å². The molecule has 1 unspecified atom stereocenters. The third kappa shape index (κ3) is 3.80. The summed E-state index contributed by atoms with van der Waals surface area (Å²) < 4.78 is 4.79. The molecular weight excluding hydrogens is 428 g/mol. The molecule has 0 aromatic heterocycles. The molecule has 23 heavy (non-hydrogen) atoms. The SMILES string of the molecule is CC(=O)OC1=C(CC(Br)C(C)(C)Br)C(=O)c2ccccc2C1=O. The number of rotatable bonds is 4. The Kier molecular flexibility index (Phi) is 5.26. The Morgan fingerprint density at radius 2 is 1.70 bits per heavy atom. The maximum atomic E-state index is 12.8. The standard InChI is InChI=1S/C17H16Br2O4/c1-9(20)23-16-12(8-13(18)17(2,3)19)14(21)10-6-4-5-7-11(10)15(16)22/h4-7,13H,8H2,1-3H3. The molecule has 0 saturated carbocycles. The van der Waals surface area contributed by atoms with Crippen molar-refractivity contribution in [3.05, 3.63) is 46.7 Å². The zero-order valence-corrected chi connectivity index (χ0v) is 16.2. The van der Waals surface area contributed by atoms with Gasteiger partial charge in [-0.1, -0.05) is 56.1 Å². The van der Waals surface area contributed by atoms with E-state index in [2.05, 4.69) is 31.9 Å². The van der Waals surface area contributed by atoms with E-state index in [1.165, 1.54) is 6.92 Å². The molecule has 1 atom stereocenters. The normalized spacial score (nSPS) is 16.2. The van der Waals surface area contributed by atoms with Crippen LogP contribution < -0.4 is 0 Å². The van der Waals surface area contributed by atoms with Crippen LogP contribution in [-0.4, -0.2) is 26.7 Å². The number of halogens is 2. The Hall–Kier alpha value is -1.27. The minimum Gasteiger partial charge on any atom is -0.422 e. The Bertz CT molecular complexity index is 714. The summed E-state index contributed by atoms with van der Waals surface area (Å²) in [6.07, 6.45) is 0.264. The zero-order valence-electron chi connectivity index (χ0n) is 13.0. The molecule has 1 aromatic carbocycles. The van der Waals surface area contributed by atoms with Crippen LogP contribution in [0.1, 0.15) is 47.9 Å². The number of hydrogen-bond acceptors (Lipinski definition) is 4. The van der Waals surface area contributed by atoms with Crippen molar-refractivity contribution in [1.82, 2.24) is 0 Å². The average molecular weight is 444 g/mol. The van der Waals surface area contributed by atoms with Gasteiger partial charge in [0.25, 0.3) is 0 Å². The van der Waals surface area contributed by atoms with E-state index in [-0.39, 0.29) is 38.3 Å². The lowest BCUT2D eigenvalue weighted by molar-refractivity contribution is -0.136. The molecule has 0 heterocycles. The molecule has 0 bridgehead atoms. The molecule has 4 nitrogen and oxygen atoms in total. The molecule has 1 aliphatic carbocycles. The van der Waals surface area contributed by atoms with Gasteiger partial charge in [-0.3, -0.25) is 14.4 Å². The molecule has 0 aliphatic heterocycles. The van der Waals surface area contributed by atoms with Crippen molar-refractivity contribution in [2.24, 2.45) is 0 Å². The highest BCUT2D eigenvalue weighted by atomic mass is 79.9. The molecule has 0 radical (unpaired) electrons. The number of ketones is 2. The molecule has 0 spiro atoms. The maximum Gasteiger partial charge on any atom is 0.308 e. The predicted molar refractivity (Wildman–Crippen MR) is 94.2 cm³/mol. The molecule has 0 fully saturated rings. The van der Waals surface area contributed by atoms with Crippen LogP contribution in [0.2, 0.25) is 0 Å². The first-order valence-corrected chi connectivity index (χ1v) is 8.76. The number of hydrogen-bond donors (Lipinski definition) is 0. The maximum absolute atomic E-state index is 12.8. The summed E-state index contributed by atoms with van der Waals surface area (Å²) in [7, 11) is 0. The van der Waals surface area contributed by atoms with E-state index in [9.17, 15) is 14.4 Å². The minimum absolute atomic E-state index is 0.127.